The number of aromatic amines is 1. The molecule has 0 fully saturated rings. The summed E-state index contributed by atoms with van der Waals surface area (Å²) < 4.78 is 0. The van der Waals surface area contributed by atoms with E-state index in [1.165, 1.54) is 6.92 Å². The summed E-state index contributed by atoms with van der Waals surface area (Å²) in [6.45, 7) is 8.42. The van der Waals surface area contributed by atoms with E-state index in [0.717, 1.165) is 16.5 Å². The molecule has 0 saturated heterocycles. The fourth-order valence-corrected chi connectivity index (χ4v) is 4.04. The molecule has 1 aromatic carbocycles. The summed E-state index contributed by atoms with van der Waals surface area (Å²) in [5.74, 6) is -3.58. The Kier molecular flexibility index (Phi) is 10.6. The number of H-pyrrole nitrogens is 1. The number of rotatable bonds is 13. The number of amides is 3. The largest absolute Gasteiger partial charge is 0.480 e. The van der Waals surface area contributed by atoms with Crippen LogP contribution in [0.25, 0.3) is 10.9 Å². The van der Waals surface area contributed by atoms with E-state index in [9.17, 15) is 29.4 Å². The number of nitrogens with two attached hydrogens (primary N) is 1. The second-order valence-electron chi connectivity index (χ2n) is 10.2. The van der Waals surface area contributed by atoms with Gasteiger partial charge in [0, 0.05) is 23.5 Å². The number of carboxylic acid groups (broad SMARTS) is 1. The smallest absolute Gasteiger partial charge is 0.326 e. The molecule has 3 amide bonds. The Morgan fingerprint density at radius 3 is 2.11 bits per heavy atom. The van der Waals surface area contributed by atoms with E-state index < -0.39 is 59.9 Å². The van der Waals surface area contributed by atoms with Crippen molar-refractivity contribution in [3.8, 4) is 0 Å². The number of hydrogen-bond acceptors (Lipinski definition) is 6. The van der Waals surface area contributed by atoms with Crippen molar-refractivity contribution in [2.45, 2.75) is 77.7 Å². The second-order valence-corrected chi connectivity index (χ2v) is 10.2. The number of hydrogen-bond donors (Lipinski definition) is 7. The fourth-order valence-electron chi connectivity index (χ4n) is 4.04. The Morgan fingerprint density at radius 2 is 1.54 bits per heavy atom. The number of benzene rings is 1. The molecule has 11 nitrogen and oxygen atoms in total. The maximum atomic E-state index is 13.4. The maximum Gasteiger partial charge on any atom is 0.326 e. The van der Waals surface area contributed by atoms with Crippen LogP contribution in [0.3, 0.4) is 0 Å². The standard InChI is InChI=1S/C26H39N5O6/c1-13(2)10-18(27)23(33)29-20(11-16-12-28-19-9-7-6-8-17(16)19)24(34)31-22(15(5)32)25(35)30-21(14(3)4)26(36)37/h6-9,12-15,18,20-22,28,32H,10-11,27H2,1-5H3,(H,29,33)(H,30,35)(H,31,34)(H,36,37). The number of carbonyl (C=O) groups is 4. The molecule has 2 rings (SSSR count). The van der Waals surface area contributed by atoms with Crippen LogP contribution in [0.4, 0.5) is 0 Å². The van der Waals surface area contributed by atoms with E-state index in [1.807, 2.05) is 38.1 Å². The van der Waals surface area contributed by atoms with Gasteiger partial charge in [-0.05, 0) is 36.8 Å². The van der Waals surface area contributed by atoms with Crippen molar-refractivity contribution in [2.24, 2.45) is 17.6 Å². The number of aliphatic hydroxyl groups is 1. The first-order valence-corrected chi connectivity index (χ1v) is 12.4. The molecule has 8 N–H and O–H groups in total. The predicted molar refractivity (Wildman–Crippen MR) is 139 cm³/mol. The Bertz CT molecular complexity index is 1100. The Balaban J connectivity index is 2.29. The second kappa shape index (κ2) is 13.2. The van der Waals surface area contributed by atoms with E-state index in [1.54, 1.807) is 20.0 Å². The number of carbonyl (C=O) groups excluding carboxylic acids is 3. The first kappa shape index (κ1) is 29.8. The van der Waals surface area contributed by atoms with Crippen molar-refractivity contribution in [3.63, 3.8) is 0 Å². The molecule has 0 spiro atoms. The van der Waals surface area contributed by atoms with Crippen molar-refractivity contribution in [2.75, 3.05) is 0 Å². The van der Waals surface area contributed by atoms with Crippen LogP contribution in [-0.2, 0) is 25.6 Å². The lowest BCUT2D eigenvalue weighted by molar-refractivity contribution is -0.144. The van der Waals surface area contributed by atoms with Crippen molar-refractivity contribution in [1.82, 2.24) is 20.9 Å². The number of para-hydroxylation sites is 1. The molecular formula is C26H39N5O6. The summed E-state index contributed by atoms with van der Waals surface area (Å²) in [6, 6.07) is 2.89. The average Bonchev–Trinajstić information content (AvgIpc) is 3.21. The molecule has 11 heteroatoms. The number of fused-ring (bicyclic) bond motifs is 1. The molecule has 1 aromatic heterocycles. The number of aliphatic carboxylic acids is 1. The van der Waals surface area contributed by atoms with Gasteiger partial charge in [0.15, 0.2) is 0 Å². The zero-order valence-electron chi connectivity index (χ0n) is 21.9. The molecule has 204 valence electrons. The average molecular weight is 518 g/mol. The molecule has 0 saturated carbocycles. The van der Waals surface area contributed by atoms with Crippen LogP contribution < -0.4 is 21.7 Å². The molecular weight excluding hydrogens is 478 g/mol. The Hall–Kier alpha value is -3.44. The van der Waals surface area contributed by atoms with Gasteiger partial charge in [-0.2, -0.15) is 0 Å². The minimum Gasteiger partial charge on any atom is -0.480 e. The highest BCUT2D eigenvalue weighted by Crippen LogP contribution is 2.19. The lowest BCUT2D eigenvalue weighted by Crippen LogP contribution is -2.60. The van der Waals surface area contributed by atoms with E-state index >= 15 is 0 Å². The molecule has 0 radical (unpaired) electrons. The molecule has 5 unspecified atom stereocenters. The number of aromatic nitrogens is 1. The highest BCUT2D eigenvalue weighted by molar-refractivity contribution is 5.95. The molecule has 5 atom stereocenters. The summed E-state index contributed by atoms with van der Waals surface area (Å²) >= 11 is 0. The van der Waals surface area contributed by atoms with Gasteiger partial charge < -0.3 is 36.9 Å². The third-order valence-corrected chi connectivity index (χ3v) is 6.09. The van der Waals surface area contributed by atoms with E-state index in [2.05, 4.69) is 20.9 Å². The van der Waals surface area contributed by atoms with Gasteiger partial charge in [0.05, 0.1) is 12.1 Å². The molecule has 0 aliphatic carbocycles. The topological polar surface area (TPSA) is 187 Å². The monoisotopic (exact) mass is 517 g/mol. The molecule has 1 heterocycles. The van der Waals surface area contributed by atoms with Crippen LogP contribution in [0.2, 0.25) is 0 Å². The summed E-state index contributed by atoms with van der Waals surface area (Å²) in [7, 11) is 0. The van der Waals surface area contributed by atoms with Crippen LogP contribution in [0, 0.1) is 11.8 Å². The van der Waals surface area contributed by atoms with E-state index in [-0.39, 0.29) is 12.3 Å². The number of aliphatic hydroxyl groups excluding tert-OH is 1. The minimum absolute atomic E-state index is 0.0911. The Labute approximate surface area is 216 Å². The maximum absolute atomic E-state index is 13.4. The molecule has 0 bridgehead atoms. The van der Waals surface area contributed by atoms with Crippen LogP contribution in [-0.4, -0.2) is 69.2 Å². The van der Waals surface area contributed by atoms with Crippen LogP contribution in [0.5, 0.6) is 0 Å². The van der Waals surface area contributed by atoms with Gasteiger partial charge in [-0.1, -0.05) is 45.9 Å². The molecule has 0 aliphatic rings. The van der Waals surface area contributed by atoms with Gasteiger partial charge in [0.1, 0.15) is 18.1 Å². The summed E-state index contributed by atoms with van der Waals surface area (Å²) in [5.41, 5.74) is 7.65. The van der Waals surface area contributed by atoms with Crippen molar-refractivity contribution < 1.29 is 29.4 Å². The third-order valence-electron chi connectivity index (χ3n) is 6.09. The number of carboxylic acids is 1. The zero-order valence-corrected chi connectivity index (χ0v) is 21.9. The van der Waals surface area contributed by atoms with Gasteiger partial charge in [0.25, 0.3) is 0 Å². The Morgan fingerprint density at radius 1 is 0.919 bits per heavy atom. The molecule has 37 heavy (non-hydrogen) atoms. The summed E-state index contributed by atoms with van der Waals surface area (Å²) in [5, 5.41) is 28.0. The van der Waals surface area contributed by atoms with Crippen LogP contribution >= 0.6 is 0 Å². The summed E-state index contributed by atoms with van der Waals surface area (Å²) in [4.78, 5) is 53.7. The number of nitrogens with one attached hydrogen (secondary N) is 4. The first-order valence-electron chi connectivity index (χ1n) is 12.4. The third kappa shape index (κ3) is 8.29. The molecule has 0 aliphatic heterocycles. The van der Waals surface area contributed by atoms with Crippen LogP contribution in [0.1, 0.15) is 46.6 Å². The van der Waals surface area contributed by atoms with Gasteiger partial charge >= 0.3 is 5.97 Å². The lowest BCUT2D eigenvalue weighted by atomic mass is 10.0. The highest BCUT2D eigenvalue weighted by Gasteiger charge is 2.34. The minimum atomic E-state index is -1.44. The fraction of sp³-hybridized carbons (Fsp3) is 0.538. The van der Waals surface area contributed by atoms with Gasteiger partial charge in [-0.25, -0.2) is 4.79 Å². The van der Waals surface area contributed by atoms with Crippen LogP contribution in [0.15, 0.2) is 30.5 Å². The van der Waals surface area contributed by atoms with E-state index in [4.69, 9.17) is 5.73 Å². The first-order chi connectivity index (χ1) is 17.3. The molecule has 2 aromatic rings. The normalized spacial score (nSPS) is 15.6. The lowest BCUT2D eigenvalue weighted by Gasteiger charge is -2.27. The van der Waals surface area contributed by atoms with Gasteiger partial charge in [0.2, 0.25) is 17.7 Å². The van der Waals surface area contributed by atoms with Crippen molar-refractivity contribution in [1.29, 1.82) is 0 Å². The van der Waals surface area contributed by atoms with Crippen molar-refractivity contribution >= 4 is 34.6 Å². The zero-order chi connectivity index (χ0) is 27.9. The quantitative estimate of drug-likeness (QED) is 0.203. The SMILES string of the molecule is CC(C)CC(N)C(=O)NC(Cc1c[nH]c2ccccc12)C(=O)NC(C(=O)NC(C(=O)O)C(C)C)C(C)O. The van der Waals surface area contributed by atoms with Gasteiger partial charge in [-0.15, -0.1) is 0 Å². The predicted octanol–water partition coefficient (Wildman–Crippen LogP) is 0.660. The van der Waals surface area contributed by atoms with Crippen molar-refractivity contribution in [3.05, 3.63) is 36.0 Å². The summed E-state index contributed by atoms with van der Waals surface area (Å²) in [6.07, 6.45) is 0.911. The highest BCUT2D eigenvalue weighted by atomic mass is 16.4. The van der Waals surface area contributed by atoms with E-state index in [0.29, 0.717) is 6.42 Å². The van der Waals surface area contributed by atoms with Gasteiger partial charge in [-0.3, -0.25) is 14.4 Å².